The molecule has 0 bridgehead atoms. The van der Waals surface area contributed by atoms with Gasteiger partial charge in [-0.15, -0.1) is 0 Å². The van der Waals surface area contributed by atoms with Crippen LogP contribution in [0.25, 0.3) is 0 Å². The highest BCUT2D eigenvalue weighted by atomic mass is 16.5. The van der Waals surface area contributed by atoms with E-state index in [1.54, 1.807) is 6.20 Å². The summed E-state index contributed by atoms with van der Waals surface area (Å²) in [5.41, 5.74) is 5.77. The van der Waals surface area contributed by atoms with E-state index >= 15 is 0 Å². The van der Waals surface area contributed by atoms with Crippen LogP contribution in [0.4, 0.5) is 0 Å². The Balaban J connectivity index is 1.81. The van der Waals surface area contributed by atoms with Crippen molar-refractivity contribution in [3.63, 3.8) is 0 Å². The quantitative estimate of drug-likeness (QED) is 0.784. The number of nitrogens with two attached hydrogens (primary N) is 1. The van der Waals surface area contributed by atoms with E-state index < -0.39 is 0 Å². The van der Waals surface area contributed by atoms with Gasteiger partial charge in [-0.05, 0) is 25.3 Å². The molecular formula is C11H19N3O. The maximum Gasteiger partial charge on any atom is 0.150 e. The average molecular weight is 209 g/mol. The van der Waals surface area contributed by atoms with Crippen molar-refractivity contribution in [3.05, 3.63) is 18.0 Å². The molecule has 1 aromatic rings. The molecule has 2 unspecified atom stereocenters. The van der Waals surface area contributed by atoms with Gasteiger partial charge in [-0.25, -0.2) is 0 Å². The highest BCUT2D eigenvalue weighted by molar-refractivity contribution is 4.93. The highest BCUT2D eigenvalue weighted by Crippen LogP contribution is 2.23. The second-order valence-corrected chi connectivity index (χ2v) is 4.25. The smallest absolute Gasteiger partial charge is 0.150 e. The molecule has 84 valence electrons. The van der Waals surface area contributed by atoms with E-state index in [-0.39, 0.29) is 0 Å². The van der Waals surface area contributed by atoms with Gasteiger partial charge in [0, 0.05) is 12.1 Å². The second-order valence-electron chi connectivity index (χ2n) is 4.25. The summed E-state index contributed by atoms with van der Waals surface area (Å²) in [7, 11) is 0. The SMILES string of the molecule is NCC1CCCCC1NCc1ccno1. The molecule has 4 heteroatoms. The molecule has 1 heterocycles. The van der Waals surface area contributed by atoms with E-state index in [0.29, 0.717) is 12.0 Å². The zero-order chi connectivity index (χ0) is 10.5. The molecule has 0 saturated heterocycles. The van der Waals surface area contributed by atoms with Crippen LogP contribution in [0, 0.1) is 5.92 Å². The summed E-state index contributed by atoms with van der Waals surface area (Å²) in [6.07, 6.45) is 6.80. The van der Waals surface area contributed by atoms with Gasteiger partial charge in [0.2, 0.25) is 0 Å². The molecule has 1 aliphatic rings. The Kier molecular flexibility index (Phi) is 3.75. The van der Waals surface area contributed by atoms with Gasteiger partial charge in [0.1, 0.15) is 5.76 Å². The summed E-state index contributed by atoms with van der Waals surface area (Å²) in [6.45, 7) is 1.55. The van der Waals surface area contributed by atoms with Crippen LogP contribution in [0.1, 0.15) is 31.4 Å². The van der Waals surface area contributed by atoms with Gasteiger partial charge >= 0.3 is 0 Å². The van der Waals surface area contributed by atoms with Crippen LogP contribution in [0.5, 0.6) is 0 Å². The summed E-state index contributed by atoms with van der Waals surface area (Å²) in [6, 6.07) is 2.45. The third kappa shape index (κ3) is 2.79. The Bertz CT molecular complexity index is 273. The number of hydrogen-bond acceptors (Lipinski definition) is 4. The lowest BCUT2D eigenvalue weighted by atomic mass is 9.84. The lowest BCUT2D eigenvalue weighted by Gasteiger charge is -2.31. The monoisotopic (exact) mass is 209 g/mol. The van der Waals surface area contributed by atoms with Crippen molar-refractivity contribution in [3.8, 4) is 0 Å². The zero-order valence-corrected chi connectivity index (χ0v) is 8.98. The van der Waals surface area contributed by atoms with Gasteiger partial charge in [0.15, 0.2) is 0 Å². The minimum absolute atomic E-state index is 0.550. The summed E-state index contributed by atoms with van der Waals surface area (Å²) in [5.74, 6) is 1.53. The fraction of sp³-hybridized carbons (Fsp3) is 0.727. The number of aromatic nitrogens is 1. The molecule has 0 aliphatic heterocycles. The van der Waals surface area contributed by atoms with Crippen LogP contribution >= 0.6 is 0 Å². The first kappa shape index (κ1) is 10.6. The first-order valence-electron chi connectivity index (χ1n) is 5.73. The Labute approximate surface area is 90.2 Å². The topological polar surface area (TPSA) is 64.1 Å². The van der Waals surface area contributed by atoms with Crippen LogP contribution in [0.15, 0.2) is 16.8 Å². The van der Waals surface area contributed by atoms with E-state index in [4.69, 9.17) is 10.3 Å². The van der Waals surface area contributed by atoms with Crippen molar-refractivity contribution in [1.29, 1.82) is 0 Å². The van der Waals surface area contributed by atoms with Crippen LogP contribution in [0.2, 0.25) is 0 Å². The van der Waals surface area contributed by atoms with E-state index in [0.717, 1.165) is 18.8 Å². The maximum absolute atomic E-state index is 5.77. The molecule has 1 fully saturated rings. The molecule has 2 atom stereocenters. The molecule has 0 spiro atoms. The van der Waals surface area contributed by atoms with Crippen molar-refractivity contribution >= 4 is 0 Å². The summed E-state index contributed by atoms with van der Waals surface area (Å²) >= 11 is 0. The summed E-state index contributed by atoms with van der Waals surface area (Å²) < 4.78 is 5.05. The van der Waals surface area contributed by atoms with Gasteiger partial charge in [-0.1, -0.05) is 18.0 Å². The summed E-state index contributed by atoms with van der Waals surface area (Å²) in [5, 5.41) is 7.20. The fourth-order valence-electron chi connectivity index (χ4n) is 2.32. The van der Waals surface area contributed by atoms with E-state index in [2.05, 4.69) is 10.5 Å². The third-order valence-electron chi connectivity index (χ3n) is 3.24. The molecule has 0 amide bonds. The fourth-order valence-corrected chi connectivity index (χ4v) is 2.32. The first-order chi connectivity index (χ1) is 7.40. The number of nitrogens with zero attached hydrogens (tertiary/aromatic N) is 1. The molecule has 2 rings (SSSR count). The predicted molar refractivity (Wildman–Crippen MR) is 58.1 cm³/mol. The Morgan fingerprint density at radius 3 is 3.07 bits per heavy atom. The average Bonchev–Trinajstić information content (AvgIpc) is 2.79. The van der Waals surface area contributed by atoms with Gasteiger partial charge in [-0.2, -0.15) is 0 Å². The van der Waals surface area contributed by atoms with Gasteiger partial charge < -0.3 is 15.6 Å². The lowest BCUT2D eigenvalue weighted by molar-refractivity contribution is 0.256. The molecule has 1 aromatic heterocycles. The zero-order valence-electron chi connectivity index (χ0n) is 8.98. The molecule has 1 aliphatic carbocycles. The van der Waals surface area contributed by atoms with Crippen LogP contribution < -0.4 is 11.1 Å². The lowest BCUT2D eigenvalue weighted by Crippen LogP contribution is -2.41. The molecule has 1 saturated carbocycles. The normalized spacial score (nSPS) is 26.7. The number of nitrogens with one attached hydrogen (secondary N) is 1. The van der Waals surface area contributed by atoms with Crippen LogP contribution in [0.3, 0.4) is 0 Å². The Morgan fingerprint density at radius 1 is 1.47 bits per heavy atom. The van der Waals surface area contributed by atoms with E-state index in [1.165, 1.54) is 25.7 Å². The summed E-state index contributed by atoms with van der Waals surface area (Å²) in [4.78, 5) is 0. The first-order valence-corrected chi connectivity index (χ1v) is 5.73. The largest absolute Gasteiger partial charge is 0.360 e. The molecular weight excluding hydrogens is 190 g/mol. The van der Waals surface area contributed by atoms with Gasteiger partial charge in [-0.3, -0.25) is 0 Å². The van der Waals surface area contributed by atoms with Gasteiger partial charge in [0.05, 0.1) is 12.7 Å². The van der Waals surface area contributed by atoms with Crippen LogP contribution in [-0.4, -0.2) is 17.7 Å². The van der Waals surface area contributed by atoms with Crippen molar-refractivity contribution in [1.82, 2.24) is 10.5 Å². The molecule has 0 radical (unpaired) electrons. The molecule has 4 nitrogen and oxygen atoms in total. The van der Waals surface area contributed by atoms with Crippen molar-refractivity contribution in [2.24, 2.45) is 11.7 Å². The number of rotatable bonds is 4. The van der Waals surface area contributed by atoms with Gasteiger partial charge in [0.25, 0.3) is 0 Å². The van der Waals surface area contributed by atoms with Crippen molar-refractivity contribution < 1.29 is 4.52 Å². The standard InChI is InChI=1S/C11H19N3O/c12-7-9-3-1-2-4-11(9)13-8-10-5-6-14-15-10/h5-6,9,11,13H,1-4,7-8,12H2. The van der Waals surface area contributed by atoms with E-state index in [1.807, 2.05) is 6.07 Å². The Hall–Kier alpha value is -0.870. The maximum atomic E-state index is 5.77. The number of hydrogen-bond donors (Lipinski definition) is 2. The predicted octanol–water partition coefficient (Wildman–Crippen LogP) is 1.28. The second kappa shape index (κ2) is 5.28. The van der Waals surface area contributed by atoms with Crippen molar-refractivity contribution in [2.45, 2.75) is 38.3 Å². The minimum Gasteiger partial charge on any atom is -0.360 e. The van der Waals surface area contributed by atoms with E-state index in [9.17, 15) is 0 Å². The minimum atomic E-state index is 0.550. The molecule has 15 heavy (non-hydrogen) atoms. The van der Waals surface area contributed by atoms with Crippen LogP contribution in [-0.2, 0) is 6.54 Å². The molecule has 0 aromatic carbocycles. The highest BCUT2D eigenvalue weighted by Gasteiger charge is 2.23. The third-order valence-corrected chi connectivity index (χ3v) is 3.24. The van der Waals surface area contributed by atoms with Crippen molar-refractivity contribution in [2.75, 3.05) is 6.54 Å². The Morgan fingerprint density at radius 2 is 2.33 bits per heavy atom. The molecule has 3 N–H and O–H groups in total.